The third kappa shape index (κ3) is 3.64. The molecule has 0 bridgehead atoms. The fourth-order valence-corrected chi connectivity index (χ4v) is 4.12. The molecule has 1 aliphatic heterocycles. The highest BCUT2D eigenvalue weighted by Crippen LogP contribution is 2.41. The summed E-state index contributed by atoms with van der Waals surface area (Å²) in [5, 5.41) is 0. The van der Waals surface area contributed by atoms with Crippen LogP contribution in [0.2, 0.25) is 0 Å². The Hall–Kier alpha value is -3.95. The lowest BCUT2D eigenvalue weighted by Crippen LogP contribution is -2.41. The van der Waals surface area contributed by atoms with Crippen LogP contribution in [0.4, 0.5) is 13.2 Å². The van der Waals surface area contributed by atoms with Crippen molar-refractivity contribution in [3.8, 4) is 11.1 Å². The molecule has 2 N–H and O–H groups in total. The number of amides is 1. The summed E-state index contributed by atoms with van der Waals surface area (Å²) in [6, 6.07) is 8.74. The van der Waals surface area contributed by atoms with Crippen LogP contribution in [0.15, 0.2) is 53.8 Å². The van der Waals surface area contributed by atoms with Gasteiger partial charge < -0.3 is 10.3 Å². The molecule has 176 valence electrons. The Balaban J connectivity index is 1.96. The number of pyridine rings is 1. The van der Waals surface area contributed by atoms with Crippen LogP contribution in [0.3, 0.4) is 0 Å². The number of ketones is 1. The summed E-state index contributed by atoms with van der Waals surface area (Å²) in [4.78, 5) is 35.1. The highest BCUT2D eigenvalue weighted by Gasteiger charge is 2.50. The van der Waals surface area contributed by atoms with E-state index in [2.05, 4.69) is 9.98 Å². The van der Waals surface area contributed by atoms with Crippen molar-refractivity contribution in [2.24, 2.45) is 10.7 Å². The number of carbonyl (C=O) groups is 2. The molecule has 0 saturated carbocycles. The van der Waals surface area contributed by atoms with E-state index in [1.807, 2.05) is 0 Å². The number of aliphatic imine (C=N–C) groups is 1. The number of benzene rings is 1. The SMILES string of the molecule is CCC(=O)c1cc(C2(c3cccc(-c4cc(F)cnc4F)c3)N=C(N)N(C)C2=O)cn1CCF. The van der Waals surface area contributed by atoms with Gasteiger partial charge in [0, 0.05) is 30.8 Å². The zero-order valence-electron chi connectivity index (χ0n) is 18.6. The first-order valence-corrected chi connectivity index (χ1v) is 10.6. The third-order valence-corrected chi connectivity index (χ3v) is 5.88. The van der Waals surface area contributed by atoms with Crippen LogP contribution >= 0.6 is 0 Å². The van der Waals surface area contributed by atoms with Gasteiger partial charge in [0.15, 0.2) is 17.3 Å². The van der Waals surface area contributed by atoms with Crippen LogP contribution in [-0.2, 0) is 16.9 Å². The van der Waals surface area contributed by atoms with E-state index in [4.69, 9.17) is 5.73 Å². The second kappa shape index (κ2) is 8.77. The number of aryl methyl sites for hydroxylation is 1. The summed E-state index contributed by atoms with van der Waals surface area (Å²) >= 11 is 0. The Morgan fingerprint density at radius 2 is 1.94 bits per heavy atom. The molecule has 0 aliphatic carbocycles. The van der Waals surface area contributed by atoms with Gasteiger partial charge >= 0.3 is 0 Å². The minimum absolute atomic E-state index is 0.0596. The highest BCUT2D eigenvalue weighted by atomic mass is 19.1. The molecule has 1 atom stereocenters. The van der Waals surface area contributed by atoms with E-state index in [1.165, 1.54) is 34.8 Å². The Bertz CT molecular complexity index is 1320. The van der Waals surface area contributed by atoms with Crippen molar-refractivity contribution in [3.63, 3.8) is 0 Å². The molecule has 34 heavy (non-hydrogen) atoms. The molecule has 2 aromatic heterocycles. The summed E-state index contributed by atoms with van der Waals surface area (Å²) in [5.41, 5.74) is 5.35. The molecule has 1 aliphatic rings. The number of hydrogen-bond acceptors (Lipinski definition) is 5. The number of alkyl halides is 1. The number of likely N-dealkylation sites (N-methyl/N-ethyl adjacent to an activating group) is 1. The second-order valence-corrected chi connectivity index (χ2v) is 7.89. The minimum atomic E-state index is -1.70. The predicted molar refractivity (Wildman–Crippen MR) is 120 cm³/mol. The average molecular weight is 469 g/mol. The number of nitrogens with zero attached hydrogens (tertiary/aromatic N) is 4. The lowest BCUT2D eigenvalue weighted by atomic mass is 9.83. The molecule has 0 fully saturated rings. The molecular formula is C24H22F3N5O2. The number of Topliss-reactive ketones (excluding diaryl/α,β-unsaturated/α-hetero) is 1. The lowest BCUT2D eigenvalue weighted by Gasteiger charge is -2.25. The molecule has 0 spiro atoms. The molecule has 1 amide bonds. The Kier molecular flexibility index (Phi) is 5.99. The summed E-state index contributed by atoms with van der Waals surface area (Å²) in [6.07, 6.45) is 2.46. The molecule has 3 heterocycles. The smallest absolute Gasteiger partial charge is 0.266 e. The molecule has 0 radical (unpaired) electrons. The maximum atomic E-state index is 14.4. The van der Waals surface area contributed by atoms with E-state index in [-0.39, 0.29) is 41.5 Å². The maximum absolute atomic E-state index is 14.4. The number of nitrogens with two attached hydrogens (primary N) is 1. The van der Waals surface area contributed by atoms with Crippen molar-refractivity contribution in [1.82, 2.24) is 14.5 Å². The van der Waals surface area contributed by atoms with Crippen molar-refractivity contribution < 1.29 is 22.8 Å². The minimum Gasteiger partial charge on any atom is -0.369 e. The van der Waals surface area contributed by atoms with Crippen molar-refractivity contribution in [1.29, 1.82) is 0 Å². The number of halogens is 3. The quantitative estimate of drug-likeness (QED) is 0.424. The molecule has 3 aromatic rings. The summed E-state index contributed by atoms with van der Waals surface area (Å²) in [6.45, 7) is 0.881. The van der Waals surface area contributed by atoms with Gasteiger partial charge in [-0.25, -0.2) is 18.8 Å². The molecule has 0 saturated heterocycles. The topological polar surface area (TPSA) is 93.6 Å². The molecule has 1 aromatic carbocycles. The molecule has 7 nitrogen and oxygen atoms in total. The van der Waals surface area contributed by atoms with Gasteiger partial charge in [-0.1, -0.05) is 25.1 Å². The van der Waals surface area contributed by atoms with E-state index in [0.717, 1.165) is 12.3 Å². The monoisotopic (exact) mass is 469 g/mol. The standard InChI is InChI=1S/C24H22F3N5O2/c1-3-20(33)19-10-16(13-32(19)8-7-25)24(22(34)31(2)23(28)30-24)15-6-4-5-14(9-15)18-11-17(26)12-29-21(18)27/h4-6,9-13H,3,7-8H2,1-2H3,(H2,28,30). The fourth-order valence-electron chi connectivity index (χ4n) is 4.12. The van der Waals surface area contributed by atoms with E-state index in [0.29, 0.717) is 11.1 Å². The molecule has 1 unspecified atom stereocenters. The average Bonchev–Trinajstić information content (AvgIpc) is 3.36. The lowest BCUT2D eigenvalue weighted by molar-refractivity contribution is -0.129. The predicted octanol–water partition coefficient (Wildman–Crippen LogP) is 3.42. The summed E-state index contributed by atoms with van der Waals surface area (Å²) in [5.74, 6) is -2.40. The Morgan fingerprint density at radius 3 is 2.59 bits per heavy atom. The first-order chi connectivity index (χ1) is 16.2. The van der Waals surface area contributed by atoms with Gasteiger partial charge in [-0.2, -0.15) is 4.39 Å². The van der Waals surface area contributed by atoms with E-state index in [1.54, 1.807) is 25.1 Å². The Morgan fingerprint density at radius 1 is 1.18 bits per heavy atom. The van der Waals surface area contributed by atoms with Crippen molar-refractivity contribution >= 4 is 17.6 Å². The van der Waals surface area contributed by atoms with E-state index in [9.17, 15) is 22.8 Å². The van der Waals surface area contributed by atoms with E-state index < -0.39 is 29.9 Å². The van der Waals surface area contributed by atoms with Gasteiger partial charge in [0.1, 0.15) is 12.5 Å². The fraction of sp³-hybridized carbons (Fsp3) is 0.250. The number of rotatable bonds is 7. The van der Waals surface area contributed by atoms with Gasteiger partial charge in [0.05, 0.1) is 18.4 Å². The first kappa shape index (κ1) is 23.2. The number of hydrogen-bond donors (Lipinski definition) is 1. The van der Waals surface area contributed by atoms with Gasteiger partial charge in [0.2, 0.25) is 5.95 Å². The zero-order chi connectivity index (χ0) is 24.6. The van der Waals surface area contributed by atoms with Crippen LogP contribution in [0.1, 0.15) is 35.0 Å². The summed E-state index contributed by atoms with van der Waals surface area (Å²) < 4.78 is 42.8. The van der Waals surface area contributed by atoms with Gasteiger partial charge in [-0.05, 0) is 29.3 Å². The maximum Gasteiger partial charge on any atom is 0.266 e. The third-order valence-electron chi connectivity index (χ3n) is 5.88. The van der Waals surface area contributed by atoms with Crippen LogP contribution in [0.25, 0.3) is 11.1 Å². The highest BCUT2D eigenvalue weighted by molar-refractivity contribution is 6.09. The number of guanidine groups is 1. The molecule has 10 heteroatoms. The van der Waals surface area contributed by atoms with Gasteiger partial charge in [-0.15, -0.1) is 0 Å². The van der Waals surface area contributed by atoms with E-state index >= 15 is 0 Å². The zero-order valence-corrected chi connectivity index (χ0v) is 18.6. The summed E-state index contributed by atoms with van der Waals surface area (Å²) in [7, 11) is 1.46. The molecular weight excluding hydrogens is 447 g/mol. The molecule has 4 rings (SSSR count). The van der Waals surface area contributed by atoms with Crippen molar-refractivity contribution in [2.75, 3.05) is 13.7 Å². The van der Waals surface area contributed by atoms with Gasteiger partial charge in [0.25, 0.3) is 5.91 Å². The number of aromatic nitrogens is 2. The van der Waals surface area contributed by atoms with Crippen LogP contribution in [0.5, 0.6) is 0 Å². The first-order valence-electron chi connectivity index (χ1n) is 10.6. The van der Waals surface area contributed by atoms with Crippen LogP contribution in [-0.4, -0.2) is 45.8 Å². The van der Waals surface area contributed by atoms with Gasteiger partial charge in [-0.3, -0.25) is 14.5 Å². The Labute approximate surface area is 193 Å². The second-order valence-electron chi connectivity index (χ2n) is 7.89. The van der Waals surface area contributed by atoms with Crippen molar-refractivity contribution in [3.05, 3.63) is 77.4 Å². The van der Waals surface area contributed by atoms with Crippen molar-refractivity contribution in [2.45, 2.75) is 25.4 Å². The normalized spacial score (nSPS) is 17.9. The largest absolute Gasteiger partial charge is 0.369 e. The van der Waals surface area contributed by atoms with Crippen LogP contribution < -0.4 is 5.73 Å². The van der Waals surface area contributed by atoms with Crippen LogP contribution in [0, 0.1) is 11.8 Å². The number of carbonyl (C=O) groups excluding carboxylic acids is 2.